The van der Waals surface area contributed by atoms with Gasteiger partial charge in [0.25, 0.3) is 0 Å². The third-order valence-corrected chi connectivity index (χ3v) is 4.07. The van der Waals surface area contributed by atoms with Crippen LogP contribution in [0.3, 0.4) is 0 Å². The molecule has 0 aliphatic carbocycles. The predicted octanol–water partition coefficient (Wildman–Crippen LogP) is 3.74. The Morgan fingerprint density at radius 2 is 1.65 bits per heavy atom. The number of H-pyrrole nitrogens is 1. The Balaban J connectivity index is 1.93. The summed E-state index contributed by atoms with van der Waals surface area (Å²) in [4.78, 5) is 11.5. The highest BCUT2D eigenvalue weighted by molar-refractivity contribution is 6.30. The van der Waals surface area contributed by atoms with Crippen LogP contribution in [0.1, 0.15) is 23.5 Å². The van der Waals surface area contributed by atoms with E-state index < -0.39 is 0 Å². The number of nitrogens with two attached hydrogens (primary N) is 1. The molecular formula is C18H16ClN3O. The van der Waals surface area contributed by atoms with Gasteiger partial charge in [-0.05, 0) is 28.8 Å². The highest BCUT2D eigenvalue weighted by Gasteiger charge is 2.17. The Labute approximate surface area is 139 Å². The first kappa shape index (κ1) is 15.3. The maximum atomic E-state index is 11.5. The summed E-state index contributed by atoms with van der Waals surface area (Å²) in [6.07, 6.45) is 3.87. The predicted molar refractivity (Wildman–Crippen MR) is 91.1 cm³/mol. The summed E-state index contributed by atoms with van der Waals surface area (Å²) in [6, 6.07) is 15.6. The molecule has 1 heterocycles. The Morgan fingerprint density at radius 3 is 2.17 bits per heavy atom. The maximum absolute atomic E-state index is 11.5. The second-order valence-corrected chi connectivity index (χ2v) is 5.82. The lowest BCUT2D eigenvalue weighted by Crippen LogP contribution is -2.16. The van der Waals surface area contributed by atoms with Gasteiger partial charge in [-0.1, -0.05) is 48.0 Å². The summed E-state index contributed by atoms with van der Waals surface area (Å²) >= 11 is 5.95. The van der Waals surface area contributed by atoms with Crippen LogP contribution in [0.5, 0.6) is 0 Å². The van der Waals surface area contributed by atoms with Gasteiger partial charge in [0.15, 0.2) is 0 Å². The summed E-state index contributed by atoms with van der Waals surface area (Å²) in [5.41, 5.74) is 9.57. The number of rotatable bonds is 5. The van der Waals surface area contributed by atoms with Crippen molar-refractivity contribution in [2.24, 2.45) is 5.73 Å². The van der Waals surface area contributed by atoms with E-state index in [0.717, 1.165) is 22.3 Å². The van der Waals surface area contributed by atoms with Crippen LogP contribution in [0.25, 0.3) is 11.1 Å². The molecule has 0 saturated heterocycles. The fraction of sp³-hybridized carbons (Fsp3) is 0.111. The molecule has 1 unspecified atom stereocenters. The zero-order valence-electron chi connectivity index (χ0n) is 12.4. The van der Waals surface area contributed by atoms with Crippen molar-refractivity contribution >= 4 is 17.5 Å². The topological polar surface area (TPSA) is 71.8 Å². The smallest absolute Gasteiger partial charge is 0.218 e. The van der Waals surface area contributed by atoms with E-state index in [9.17, 15) is 4.79 Å². The first-order valence-corrected chi connectivity index (χ1v) is 7.64. The zero-order chi connectivity index (χ0) is 16.2. The number of aromatic nitrogens is 2. The van der Waals surface area contributed by atoms with Gasteiger partial charge < -0.3 is 5.73 Å². The van der Waals surface area contributed by atoms with Crippen molar-refractivity contribution in [1.29, 1.82) is 0 Å². The van der Waals surface area contributed by atoms with Crippen molar-refractivity contribution < 1.29 is 4.79 Å². The van der Waals surface area contributed by atoms with Gasteiger partial charge in [-0.3, -0.25) is 9.89 Å². The lowest BCUT2D eigenvalue weighted by Gasteiger charge is -2.17. The minimum Gasteiger partial charge on any atom is -0.370 e. The van der Waals surface area contributed by atoms with Crippen LogP contribution >= 0.6 is 11.6 Å². The molecule has 3 rings (SSSR count). The van der Waals surface area contributed by atoms with Crippen LogP contribution < -0.4 is 5.73 Å². The number of halogens is 1. The molecule has 4 nitrogen and oxygen atoms in total. The van der Waals surface area contributed by atoms with E-state index in [2.05, 4.69) is 10.2 Å². The maximum Gasteiger partial charge on any atom is 0.218 e. The van der Waals surface area contributed by atoms with Gasteiger partial charge in [-0.15, -0.1) is 0 Å². The molecule has 0 bridgehead atoms. The van der Waals surface area contributed by atoms with Crippen molar-refractivity contribution in [2.75, 3.05) is 0 Å². The fourth-order valence-corrected chi connectivity index (χ4v) is 2.77. The molecule has 5 heteroatoms. The molecule has 3 N–H and O–H groups in total. The van der Waals surface area contributed by atoms with Crippen LogP contribution in [0.2, 0.25) is 5.02 Å². The third-order valence-electron chi connectivity index (χ3n) is 3.82. The van der Waals surface area contributed by atoms with E-state index in [0.29, 0.717) is 5.02 Å². The number of carbonyl (C=O) groups is 1. The number of hydrogen-bond donors (Lipinski definition) is 2. The van der Waals surface area contributed by atoms with Gasteiger partial charge in [0.2, 0.25) is 5.91 Å². The van der Waals surface area contributed by atoms with Crippen LogP contribution in [0, 0.1) is 0 Å². The van der Waals surface area contributed by atoms with Crippen LogP contribution in [0.4, 0.5) is 0 Å². The number of aromatic amines is 1. The Hall–Kier alpha value is -2.59. The molecule has 2 aromatic carbocycles. The molecule has 3 aromatic rings. The first-order chi connectivity index (χ1) is 11.1. The summed E-state index contributed by atoms with van der Waals surface area (Å²) in [6.45, 7) is 0. The fourth-order valence-electron chi connectivity index (χ4n) is 2.64. The molecule has 0 spiro atoms. The number of nitrogens with one attached hydrogen (secondary N) is 1. The van der Waals surface area contributed by atoms with Crippen molar-refractivity contribution in [3.8, 4) is 11.1 Å². The van der Waals surface area contributed by atoms with E-state index in [4.69, 9.17) is 17.3 Å². The molecular weight excluding hydrogens is 310 g/mol. The summed E-state index contributed by atoms with van der Waals surface area (Å²) in [7, 11) is 0. The van der Waals surface area contributed by atoms with E-state index >= 15 is 0 Å². The minimum absolute atomic E-state index is 0.0804. The summed E-state index contributed by atoms with van der Waals surface area (Å²) in [5, 5.41) is 7.42. The van der Waals surface area contributed by atoms with E-state index in [1.54, 1.807) is 6.20 Å². The Bertz CT molecular complexity index is 780. The van der Waals surface area contributed by atoms with Crippen LogP contribution in [0.15, 0.2) is 60.9 Å². The average Bonchev–Trinajstić information content (AvgIpc) is 3.08. The second kappa shape index (κ2) is 6.67. The van der Waals surface area contributed by atoms with E-state index in [-0.39, 0.29) is 18.2 Å². The molecule has 1 amide bonds. The van der Waals surface area contributed by atoms with Crippen molar-refractivity contribution in [2.45, 2.75) is 12.3 Å². The molecule has 0 aliphatic heterocycles. The Kier molecular flexibility index (Phi) is 4.44. The van der Waals surface area contributed by atoms with Gasteiger partial charge in [0, 0.05) is 29.1 Å². The number of carbonyl (C=O) groups excluding carboxylic acids is 1. The van der Waals surface area contributed by atoms with Crippen molar-refractivity contribution in [3.05, 3.63) is 77.1 Å². The molecule has 0 aliphatic rings. The van der Waals surface area contributed by atoms with Crippen LogP contribution in [-0.2, 0) is 4.79 Å². The standard InChI is InChI=1S/C18H16ClN3O/c19-16-7-5-14(6-8-16)17(9-18(20)23)13-3-1-12(2-4-13)15-10-21-22-11-15/h1-8,10-11,17H,9H2,(H2,20,23)(H,21,22). The van der Waals surface area contributed by atoms with Crippen LogP contribution in [-0.4, -0.2) is 16.1 Å². The zero-order valence-corrected chi connectivity index (χ0v) is 13.1. The number of hydrogen-bond acceptors (Lipinski definition) is 2. The summed E-state index contributed by atoms with van der Waals surface area (Å²) in [5.74, 6) is -0.410. The molecule has 116 valence electrons. The minimum atomic E-state index is -0.330. The molecule has 0 radical (unpaired) electrons. The van der Waals surface area contributed by atoms with Gasteiger partial charge in [0.05, 0.1) is 6.20 Å². The molecule has 1 atom stereocenters. The number of primary amides is 1. The number of benzene rings is 2. The second-order valence-electron chi connectivity index (χ2n) is 5.38. The summed E-state index contributed by atoms with van der Waals surface area (Å²) < 4.78 is 0. The van der Waals surface area contributed by atoms with E-state index in [1.807, 2.05) is 54.7 Å². The van der Waals surface area contributed by atoms with E-state index in [1.165, 1.54) is 0 Å². The first-order valence-electron chi connectivity index (χ1n) is 7.26. The van der Waals surface area contributed by atoms with Crippen molar-refractivity contribution in [3.63, 3.8) is 0 Å². The normalized spacial score (nSPS) is 12.0. The van der Waals surface area contributed by atoms with Gasteiger partial charge in [-0.25, -0.2) is 0 Å². The van der Waals surface area contributed by atoms with Gasteiger partial charge >= 0.3 is 0 Å². The SMILES string of the molecule is NC(=O)CC(c1ccc(Cl)cc1)c1ccc(-c2cn[nH]c2)cc1. The number of amides is 1. The van der Waals surface area contributed by atoms with Gasteiger partial charge in [0.1, 0.15) is 0 Å². The molecule has 0 fully saturated rings. The molecule has 0 saturated carbocycles. The highest BCUT2D eigenvalue weighted by Crippen LogP contribution is 2.30. The monoisotopic (exact) mass is 325 g/mol. The average molecular weight is 326 g/mol. The molecule has 23 heavy (non-hydrogen) atoms. The Morgan fingerprint density at radius 1 is 1.04 bits per heavy atom. The molecule has 1 aromatic heterocycles. The highest BCUT2D eigenvalue weighted by atomic mass is 35.5. The van der Waals surface area contributed by atoms with Crippen molar-refractivity contribution in [1.82, 2.24) is 10.2 Å². The van der Waals surface area contributed by atoms with Gasteiger partial charge in [-0.2, -0.15) is 5.10 Å². The largest absolute Gasteiger partial charge is 0.370 e. The lowest BCUT2D eigenvalue weighted by molar-refractivity contribution is -0.118. The lowest BCUT2D eigenvalue weighted by atomic mass is 9.87. The quantitative estimate of drug-likeness (QED) is 0.750. The number of nitrogens with zero attached hydrogens (tertiary/aromatic N) is 1. The third kappa shape index (κ3) is 3.60.